The molecule has 0 bridgehead atoms. The lowest BCUT2D eigenvalue weighted by Crippen LogP contribution is -2.45. The Morgan fingerprint density at radius 2 is 1.12 bits per heavy atom. The van der Waals surface area contributed by atoms with Gasteiger partial charge in [-0.05, 0) is 125 Å². The number of ether oxygens (including phenoxy) is 2. The summed E-state index contributed by atoms with van der Waals surface area (Å²) in [5.74, 6) is -4.60. The maximum absolute atomic E-state index is 15.4. The third-order valence-corrected chi connectivity index (χ3v) is 17.5. The minimum Gasteiger partial charge on any atom is -0.481 e. The summed E-state index contributed by atoms with van der Waals surface area (Å²) in [5, 5.41) is 20.7. The molecule has 0 saturated heterocycles. The molecule has 0 aromatic heterocycles. The van der Waals surface area contributed by atoms with Crippen molar-refractivity contribution in [3.8, 4) is 0 Å². The first-order valence-electron chi connectivity index (χ1n) is 27.1. The second-order valence-corrected chi connectivity index (χ2v) is 24.0. The number of carboxylic acids is 1. The number of carboxylic acid groups (broad SMARTS) is 1. The van der Waals surface area contributed by atoms with Crippen molar-refractivity contribution in [3.05, 3.63) is 89.5 Å². The smallest absolute Gasteiger partial charge is 0.340 e. The van der Waals surface area contributed by atoms with Gasteiger partial charge in [-0.1, -0.05) is 159 Å². The van der Waals surface area contributed by atoms with Crippen LogP contribution >= 0.6 is 0 Å². The molecule has 0 heterocycles. The lowest BCUT2D eigenvalue weighted by atomic mass is 9.54. The SMILES string of the molecule is CCC(C)(C)CC(c1ccccc1)C(C)(CC)CC(C)(CC)CC(C(=O)Nc1ccc(NC(=O)/C(=N\Nc2cc(C(=O)OC)ccc2C(=O)OC)C(C)=O)cc1)C(C)(CC)CC(C)(CC)CC(C(=O)O)C(C)(C)CC. The molecular weight excluding hydrogens is 945 g/mol. The normalized spacial score (nSPS) is 16.6. The van der Waals surface area contributed by atoms with E-state index in [0.717, 1.165) is 44.9 Å². The molecule has 0 aliphatic carbocycles. The van der Waals surface area contributed by atoms with Crippen LogP contribution in [0.25, 0.3) is 0 Å². The predicted molar refractivity (Wildman–Crippen MR) is 303 cm³/mol. The van der Waals surface area contributed by atoms with Crippen molar-refractivity contribution in [1.29, 1.82) is 0 Å². The molecule has 2 amide bonds. The molecule has 7 atom stereocenters. The van der Waals surface area contributed by atoms with Gasteiger partial charge in [-0.25, -0.2) is 9.59 Å². The number of rotatable bonds is 30. The van der Waals surface area contributed by atoms with Gasteiger partial charge in [0.1, 0.15) is 0 Å². The first kappa shape index (κ1) is 63.4. The molecule has 13 heteroatoms. The molecule has 3 aromatic rings. The molecule has 0 spiro atoms. The van der Waals surface area contributed by atoms with E-state index in [2.05, 4.69) is 135 Å². The third kappa shape index (κ3) is 16.8. The van der Waals surface area contributed by atoms with Crippen molar-refractivity contribution in [3.63, 3.8) is 0 Å². The average Bonchev–Trinajstić information content (AvgIpc) is 3.38. The number of esters is 2. The molecule has 13 nitrogen and oxygen atoms in total. The number of methoxy groups -OCH3 is 2. The number of hydrogen-bond donors (Lipinski definition) is 4. The van der Waals surface area contributed by atoms with Crippen LogP contribution in [0.2, 0.25) is 0 Å². The van der Waals surface area contributed by atoms with E-state index in [0.29, 0.717) is 37.1 Å². The highest BCUT2D eigenvalue weighted by molar-refractivity contribution is 6.67. The zero-order chi connectivity index (χ0) is 56.7. The topological polar surface area (TPSA) is 190 Å². The maximum Gasteiger partial charge on any atom is 0.340 e. The number of nitrogens with zero attached hydrogens (tertiary/aromatic N) is 1. The minimum atomic E-state index is -0.841. The number of benzene rings is 3. The fourth-order valence-electron chi connectivity index (χ4n) is 11.0. The van der Waals surface area contributed by atoms with Crippen molar-refractivity contribution in [1.82, 2.24) is 0 Å². The van der Waals surface area contributed by atoms with Crippen LogP contribution in [0.4, 0.5) is 17.1 Å². The van der Waals surface area contributed by atoms with Gasteiger partial charge in [0.15, 0.2) is 11.5 Å². The van der Waals surface area contributed by atoms with E-state index in [1.165, 1.54) is 44.9 Å². The second kappa shape index (κ2) is 26.8. The van der Waals surface area contributed by atoms with Crippen LogP contribution in [0.5, 0.6) is 0 Å². The number of anilines is 3. The number of Topliss-reactive ketones (excluding diaryl/α,β-unsaturated/α-hetero) is 1. The summed E-state index contributed by atoms with van der Waals surface area (Å²) in [7, 11) is 2.40. The number of carbonyl (C=O) groups excluding carboxylic acids is 5. The van der Waals surface area contributed by atoms with E-state index in [1.54, 1.807) is 24.3 Å². The highest BCUT2D eigenvalue weighted by Gasteiger charge is 2.49. The molecule has 4 N–H and O–H groups in total. The van der Waals surface area contributed by atoms with Crippen molar-refractivity contribution in [2.75, 3.05) is 30.3 Å². The van der Waals surface area contributed by atoms with Gasteiger partial charge in [-0.2, -0.15) is 5.10 Å². The van der Waals surface area contributed by atoms with Gasteiger partial charge in [-0.15, -0.1) is 0 Å². The minimum absolute atomic E-state index is 0.000508. The van der Waals surface area contributed by atoms with E-state index in [-0.39, 0.29) is 44.9 Å². The molecule has 3 rings (SSSR count). The molecular formula is C62H92N4O9. The number of ketones is 1. The number of nitrogens with one attached hydrogen (secondary N) is 3. The van der Waals surface area contributed by atoms with Gasteiger partial charge in [-0.3, -0.25) is 24.6 Å². The second-order valence-electron chi connectivity index (χ2n) is 24.0. The first-order chi connectivity index (χ1) is 35.0. The molecule has 0 aliphatic rings. The Kier molecular flexibility index (Phi) is 22.6. The standard InChI is InChI=1S/C62H92N4O9/c1-18-57(8,9)36-47(42-27-25-24-26-28-42)61(14,22-5)39-59(12,20-3)37-48(62(15,23-6)40-60(13,21-4)38-49(54(70)71)58(10,11)19-2)52(68)63-44-30-32-45(33-31-44)64-53(69)51(41(7)67)66-65-50-35-43(55(72)74-16)29-34-46(50)56(73)75-17/h24-35,47-49,65H,18-23,36-40H2,1-17H3,(H,63,68)(H,64,69)(H,70,71)/b66-51-. The summed E-state index contributed by atoms with van der Waals surface area (Å²) in [4.78, 5) is 79.6. The molecule has 0 fully saturated rings. The van der Waals surface area contributed by atoms with Gasteiger partial charge >= 0.3 is 17.9 Å². The number of aliphatic carboxylic acids is 1. The molecule has 0 saturated carbocycles. The fraction of sp³-hybridized carbons (Fsp3) is 0.597. The monoisotopic (exact) mass is 1040 g/mol. The molecule has 3 aromatic carbocycles. The summed E-state index contributed by atoms with van der Waals surface area (Å²) < 4.78 is 9.66. The summed E-state index contributed by atoms with van der Waals surface area (Å²) in [6.45, 7) is 32.4. The van der Waals surface area contributed by atoms with E-state index in [9.17, 15) is 29.1 Å². The summed E-state index contributed by atoms with van der Waals surface area (Å²) in [5.41, 5.74) is 2.72. The van der Waals surface area contributed by atoms with Gasteiger partial charge in [0.05, 0.1) is 37.0 Å². The summed E-state index contributed by atoms with van der Waals surface area (Å²) in [6.07, 6.45) is 8.72. The highest BCUT2D eigenvalue weighted by Crippen LogP contribution is 2.57. The van der Waals surface area contributed by atoms with Gasteiger partial charge in [0, 0.05) is 24.2 Å². The molecule has 75 heavy (non-hydrogen) atoms. The predicted octanol–water partition coefficient (Wildman–Crippen LogP) is 14.8. The summed E-state index contributed by atoms with van der Waals surface area (Å²) >= 11 is 0. The zero-order valence-electron chi connectivity index (χ0n) is 48.6. The van der Waals surface area contributed by atoms with Gasteiger partial charge in [0.25, 0.3) is 5.91 Å². The molecule has 0 aliphatic heterocycles. The van der Waals surface area contributed by atoms with Crippen LogP contribution in [-0.4, -0.2) is 60.5 Å². The number of hydrazone groups is 1. The van der Waals surface area contributed by atoms with Crippen LogP contribution < -0.4 is 16.1 Å². The Bertz CT molecular complexity index is 2470. The Hall–Kier alpha value is -5.85. The largest absolute Gasteiger partial charge is 0.481 e. The van der Waals surface area contributed by atoms with Crippen molar-refractivity contribution >= 4 is 58.3 Å². The number of carbonyl (C=O) groups is 6. The summed E-state index contributed by atoms with van der Waals surface area (Å²) in [6, 6.07) is 21.6. The maximum atomic E-state index is 15.4. The Morgan fingerprint density at radius 3 is 1.59 bits per heavy atom. The van der Waals surface area contributed by atoms with E-state index < -0.39 is 63.4 Å². The lowest BCUT2D eigenvalue weighted by Gasteiger charge is -2.50. The fourth-order valence-corrected chi connectivity index (χ4v) is 11.0. The van der Waals surface area contributed by atoms with Crippen molar-refractivity contribution < 1.29 is 43.3 Å². The third-order valence-electron chi connectivity index (χ3n) is 17.5. The zero-order valence-corrected chi connectivity index (χ0v) is 48.6. The van der Waals surface area contributed by atoms with Gasteiger partial charge < -0.3 is 25.2 Å². The molecule has 414 valence electrons. The Labute approximate surface area is 449 Å². The van der Waals surface area contributed by atoms with E-state index in [1.807, 2.05) is 13.8 Å². The van der Waals surface area contributed by atoms with Crippen LogP contribution in [0.15, 0.2) is 77.9 Å². The van der Waals surface area contributed by atoms with E-state index in [4.69, 9.17) is 9.47 Å². The van der Waals surface area contributed by atoms with Crippen LogP contribution in [-0.2, 0) is 28.7 Å². The number of amides is 2. The quantitative estimate of drug-likeness (QED) is 0.0216. The van der Waals surface area contributed by atoms with Crippen molar-refractivity contribution in [2.45, 2.75) is 180 Å². The van der Waals surface area contributed by atoms with Crippen LogP contribution in [0, 0.1) is 44.3 Å². The number of hydrogen-bond acceptors (Lipinski definition) is 10. The lowest BCUT2D eigenvalue weighted by molar-refractivity contribution is -0.148. The molecule has 7 unspecified atom stereocenters. The van der Waals surface area contributed by atoms with E-state index >= 15 is 4.79 Å². The molecule has 0 radical (unpaired) electrons. The average molecular weight is 1040 g/mol. The highest BCUT2D eigenvalue weighted by atomic mass is 16.5. The van der Waals surface area contributed by atoms with Gasteiger partial charge in [0.2, 0.25) is 5.91 Å². The van der Waals surface area contributed by atoms with Crippen molar-refractivity contribution in [2.24, 2.45) is 49.4 Å². The van der Waals surface area contributed by atoms with Crippen LogP contribution in [0.3, 0.4) is 0 Å². The Morgan fingerprint density at radius 1 is 0.600 bits per heavy atom. The first-order valence-corrected chi connectivity index (χ1v) is 27.1. The Balaban J connectivity index is 2.11. The van der Waals surface area contributed by atoms with Crippen LogP contribution in [0.1, 0.15) is 207 Å².